The topological polar surface area (TPSA) is 40.5 Å². The van der Waals surface area contributed by atoms with Gasteiger partial charge in [-0.25, -0.2) is 4.79 Å². The molecule has 2 aromatic rings. The first-order chi connectivity index (χ1) is 9.58. The van der Waals surface area contributed by atoms with Gasteiger partial charge in [-0.15, -0.1) is 0 Å². The molecule has 0 bridgehead atoms. The van der Waals surface area contributed by atoms with Gasteiger partial charge in [0.15, 0.2) is 0 Å². The van der Waals surface area contributed by atoms with Crippen LogP contribution in [0.15, 0.2) is 54.6 Å². The second-order valence-electron chi connectivity index (χ2n) is 4.27. The SMILES string of the molecule is CN(c1ccccc1)c1cc(Cl)ccc1/C=C/C(=O)O. The van der Waals surface area contributed by atoms with Crippen molar-refractivity contribution in [2.24, 2.45) is 0 Å². The Labute approximate surface area is 122 Å². The van der Waals surface area contributed by atoms with Crippen LogP contribution in [0, 0.1) is 0 Å². The van der Waals surface area contributed by atoms with Crippen molar-refractivity contribution in [2.75, 3.05) is 11.9 Å². The lowest BCUT2D eigenvalue weighted by Crippen LogP contribution is -2.10. The van der Waals surface area contributed by atoms with Crippen LogP contribution in [0.5, 0.6) is 0 Å². The largest absolute Gasteiger partial charge is 0.478 e. The first kappa shape index (κ1) is 14.2. The molecule has 4 heteroatoms. The van der Waals surface area contributed by atoms with E-state index in [1.165, 1.54) is 0 Å². The average Bonchev–Trinajstić information content (AvgIpc) is 2.46. The van der Waals surface area contributed by atoms with Crippen LogP contribution in [0.4, 0.5) is 11.4 Å². The maximum Gasteiger partial charge on any atom is 0.328 e. The van der Waals surface area contributed by atoms with Crippen LogP contribution in [-0.2, 0) is 4.79 Å². The van der Waals surface area contributed by atoms with Crippen molar-refractivity contribution < 1.29 is 9.90 Å². The molecule has 2 rings (SSSR count). The number of benzene rings is 2. The minimum atomic E-state index is -0.978. The Kier molecular flexibility index (Phi) is 4.43. The molecule has 0 fully saturated rings. The van der Waals surface area contributed by atoms with Crippen LogP contribution in [-0.4, -0.2) is 18.1 Å². The number of hydrogen-bond acceptors (Lipinski definition) is 2. The van der Waals surface area contributed by atoms with Crippen molar-refractivity contribution in [2.45, 2.75) is 0 Å². The highest BCUT2D eigenvalue weighted by Crippen LogP contribution is 2.30. The molecular weight excluding hydrogens is 274 g/mol. The summed E-state index contributed by atoms with van der Waals surface area (Å²) in [7, 11) is 1.92. The molecule has 0 aliphatic rings. The summed E-state index contributed by atoms with van der Waals surface area (Å²) in [6.45, 7) is 0. The molecule has 0 amide bonds. The van der Waals surface area contributed by atoms with Gasteiger partial charge in [0.25, 0.3) is 0 Å². The number of carboxylic acid groups (broad SMARTS) is 1. The molecule has 0 saturated carbocycles. The number of halogens is 1. The molecular formula is C16H14ClNO2. The van der Waals surface area contributed by atoms with E-state index in [9.17, 15) is 4.79 Å². The number of nitrogens with zero attached hydrogens (tertiary/aromatic N) is 1. The number of anilines is 2. The zero-order chi connectivity index (χ0) is 14.5. The third-order valence-corrected chi connectivity index (χ3v) is 3.14. The zero-order valence-corrected chi connectivity index (χ0v) is 11.7. The zero-order valence-electron chi connectivity index (χ0n) is 11.0. The monoisotopic (exact) mass is 287 g/mol. The van der Waals surface area contributed by atoms with Crippen molar-refractivity contribution in [3.05, 3.63) is 65.2 Å². The first-order valence-corrected chi connectivity index (χ1v) is 6.45. The Morgan fingerprint density at radius 3 is 2.55 bits per heavy atom. The van der Waals surface area contributed by atoms with E-state index in [4.69, 9.17) is 16.7 Å². The molecule has 0 saturated heterocycles. The third-order valence-electron chi connectivity index (χ3n) is 2.90. The third kappa shape index (κ3) is 3.39. The number of aliphatic carboxylic acids is 1. The van der Waals surface area contributed by atoms with E-state index in [0.717, 1.165) is 23.0 Å². The van der Waals surface area contributed by atoms with Gasteiger partial charge < -0.3 is 10.0 Å². The van der Waals surface area contributed by atoms with E-state index >= 15 is 0 Å². The Morgan fingerprint density at radius 1 is 1.20 bits per heavy atom. The van der Waals surface area contributed by atoms with Crippen molar-refractivity contribution >= 4 is 35.0 Å². The van der Waals surface area contributed by atoms with Gasteiger partial charge in [0.05, 0.1) is 0 Å². The fourth-order valence-corrected chi connectivity index (χ4v) is 2.07. The van der Waals surface area contributed by atoms with E-state index < -0.39 is 5.97 Å². The highest BCUT2D eigenvalue weighted by Gasteiger charge is 2.08. The maximum atomic E-state index is 10.7. The van der Waals surface area contributed by atoms with Crippen LogP contribution in [0.3, 0.4) is 0 Å². The van der Waals surface area contributed by atoms with Crippen LogP contribution in [0.2, 0.25) is 5.02 Å². The predicted octanol–water partition coefficient (Wildman–Crippen LogP) is 4.21. The van der Waals surface area contributed by atoms with Crippen LogP contribution < -0.4 is 4.90 Å². The molecule has 0 unspecified atom stereocenters. The normalized spacial score (nSPS) is 10.7. The lowest BCUT2D eigenvalue weighted by molar-refractivity contribution is -0.131. The lowest BCUT2D eigenvalue weighted by Gasteiger charge is -2.22. The first-order valence-electron chi connectivity index (χ1n) is 6.07. The van der Waals surface area contributed by atoms with Gasteiger partial charge in [-0.3, -0.25) is 0 Å². The second-order valence-corrected chi connectivity index (χ2v) is 4.71. The van der Waals surface area contributed by atoms with Gasteiger partial charge in [-0.1, -0.05) is 35.9 Å². The van der Waals surface area contributed by atoms with Crippen LogP contribution >= 0.6 is 11.6 Å². The minimum Gasteiger partial charge on any atom is -0.478 e. The molecule has 0 heterocycles. The van der Waals surface area contributed by atoms with Gasteiger partial charge >= 0.3 is 5.97 Å². The molecule has 20 heavy (non-hydrogen) atoms. The summed E-state index contributed by atoms with van der Waals surface area (Å²) < 4.78 is 0. The van der Waals surface area contributed by atoms with Crippen molar-refractivity contribution in [3.8, 4) is 0 Å². The van der Waals surface area contributed by atoms with E-state index in [0.29, 0.717) is 5.02 Å². The molecule has 2 aromatic carbocycles. The van der Waals surface area contributed by atoms with Gasteiger partial charge in [-0.05, 0) is 35.9 Å². The molecule has 0 radical (unpaired) electrons. The van der Waals surface area contributed by atoms with Gasteiger partial charge in [0.1, 0.15) is 0 Å². The Hall–Kier alpha value is -2.26. The van der Waals surface area contributed by atoms with Crippen molar-refractivity contribution in [1.82, 2.24) is 0 Å². The van der Waals surface area contributed by atoms with E-state index in [2.05, 4.69) is 0 Å². The van der Waals surface area contributed by atoms with Gasteiger partial charge in [0, 0.05) is 29.5 Å². The number of carboxylic acids is 1. The summed E-state index contributed by atoms with van der Waals surface area (Å²) in [5.74, 6) is -0.978. The highest BCUT2D eigenvalue weighted by molar-refractivity contribution is 6.31. The standard InChI is InChI=1S/C16H14ClNO2/c1-18(14-5-3-2-4-6-14)15-11-13(17)9-7-12(15)8-10-16(19)20/h2-11H,1H3,(H,19,20)/b10-8+. The smallest absolute Gasteiger partial charge is 0.328 e. The average molecular weight is 288 g/mol. The Bertz CT molecular complexity index is 638. The summed E-state index contributed by atoms with van der Waals surface area (Å²) in [5, 5.41) is 9.36. The Balaban J connectivity index is 2.44. The molecule has 0 aliphatic carbocycles. The summed E-state index contributed by atoms with van der Waals surface area (Å²) in [6, 6.07) is 15.2. The molecule has 0 atom stereocenters. The lowest BCUT2D eigenvalue weighted by atomic mass is 10.1. The van der Waals surface area contributed by atoms with Crippen molar-refractivity contribution in [3.63, 3.8) is 0 Å². The summed E-state index contributed by atoms with van der Waals surface area (Å²) in [6.07, 6.45) is 2.68. The molecule has 1 N–H and O–H groups in total. The van der Waals surface area contributed by atoms with Gasteiger partial charge in [0.2, 0.25) is 0 Å². The number of rotatable bonds is 4. The molecule has 0 aromatic heterocycles. The number of para-hydroxylation sites is 1. The molecule has 0 spiro atoms. The van der Waals surface area contributed by atoms with E-state index in [-0.39, 0.29) is 0 Å². The highest BCUT2D eigenvalue weighted by atomic mass is 35.5. The maximum absolute atomic E-state index is 10.7. The van der Waals surface area contributed by atoms with Crippen LogP contribution in [0.1, 0.15) is 5.56 Å². The fourth-order valence-electron chi connectivity index (χ4n) is 1.90. The van der Waals surface area contributed by atoms with E-state index in [1.54, 1.807) is 18.2 Å². The molecule has 3 nitrogen and oxygen atoms in total. The van der Waals surface area contributed by atoms with Crippen molar-refractivity contribution in [1.29, 1.82) is 0 Å². The quantitative estimate of drug-likeness (QED) is 0.857. The van der Waals surface area contributed by atoms with Gasteiger partial charge in [-0.2, -0.15) is 0 Å². The number of hydrogen-bond donors (Lipinski definition) is 1. The Morgan fingerprint density at radius 2 is 1.90 bits per heavy atom. The summed E-state index contributed by atoms with van der Waals surface area (Å²) in [5.41, 5.74) is 2.64. The van der Waals surface area contributed by atoms with Crippen LogP contribution in [0.25, 0.3) is 6.08 Å². The molecule has 102 valence electrons. The predicted molar refractivity (Wildman–Crippen MR) is 82.6 cm³/mol. The summed E-state index contributed by atoms with van der Waals surface area (Å²) >= 11 is 6.04. The summed E-state index contributed by atoms with van der Waals surface area (Å²) in [4.78, 5) is 12.6. The van der Waals surface area contributed by atoms with E-state index in [1.807, 2.05) is 48.3 Å². The number of carbonyl (C=O) groups is 1. The second kappa shape index (κ2) is 6.26. The molecule has 0 aliphatic heterocycles. The minimum absolute atomic E-state index is 0.607. The fraction of sp³-hybridized carbons (Fsp3) is 0.0625.